The molecule has 1 unspecified atom stereocenters. The van der Waals surface area contributed by atoms with Crippen LogP contribution in [0.4, 0.5) is 10.7 Å². The van der Waals surface area contributed by atoms with Crippen LogP contribution >= 0.6 is 11.3 Å². The van der Waals surface area contributed by atoms with Crippen LogP contribution in [0.15, 0.2) is 28.5 Å². The van der Waals surface area contributed by atoms with Crippen molar-refractivity contribution in [3.8, 4) is 11.1 Å². The van der Waals surface area contributed by atoms with Crippen molar-refractivity contribution in [1.82, 2.24) is 4.90 Å². The van der Waals surface area contributed by atoms with E-state index in [1.54, 1.807) is 13.4 Å². The van der Waals surface area contributed by atoms with E-state index in [-0.39, 0.29) is 11.3 Å². The Morgan fingerprint density at radius 3 is 2.60 bits per heavy atom. The van der Waals surface area contributed by atoms with Crippen LogP contribution in [-0.4, -0.2) is 54.6 Å². The summed E-state index contributed by atoms with van der Waals surface area (Å²) in [5.74, 6) is -0.0743. The molecule has 8 heteroatoms. The van der Waals surface area contributed by atoms with Crippen molar-refractivity contribution in [2.75, 3.05) is 50.7 Å². The van der Waals surface area contributed by atoms with Gasteiger partial charge in [0.25, 0.3) is 0 Å². The van der Waals surface area contributed by atoms with E-state index in [0.29, 0.717) is 30.4 Å². The van der Waals surface area contributed by atoms with E-state index < -0.39 is 10.8 Å². The maximum Gasteiger partial charge on any atom is 0.238 e. The number of hydrogen-bond donors (Lipinski definition) is 2. The third-order valence-corrected chi connectivity index (χ3v) is 7.27. The molecule has 0 aliphatic heterocycles. The zero-order valence-corrected chi connectivity index (χ0v) is 20.3. The number of nitrogen functional groups attached to an aromatic ring is 1. The smallest absolute Gasteiger partial charge is 0.238 e. The molecule has 2 rings (SSSR count). The van der Waals surface area contributed by atoms with Gasteiger partial charge in [-0.1, -0.05) is 39.8 Å². The van der Waals surface area contributed by atoms with Gasteiger partial charge >= 0.3 is 0 Å². The molecule has 30 heavy (non-hydrogen) atoms. The Balaban J connectivity index is 2.32. The molecule has 0 aliphatic rings. The van der Waals surface area contributed by atoms with Crippen LogP contribution in [0.25, 0.3) is 11.1 Å². The Kier molecular flexibility index (Phi) is 8.61. The number of anilines is 2. The molecule has 1 heterocycles. The second kappa shape index (κ2) is 10.5. The third-order valence-electron chi connectivity index (χ3n) is 4.78. The van der Waals surface area contributed by atoms with Crippen LogP contribution in [0.3, 0.4) is 0 Å². The summed E-state index contributed by atoms with van der Waals surface area (Å²) in [6, 6.07) is 7.67. The Labute approximate surface area is 186 Å². The van der Waals surface area contributed by atoms with Crippen molar-refractivity contribution in [2.45, 2.75) is 37.3 Å². The van der Waals surface area contributed by atoms with E-state index in [4.69, 9.17) is 10.5 Å². The maximum atomic E-state index is 12.5. The molecule has 0 saturated heterocycles. The molecule has 0 radical (unpaired) electrons. The lowest BCUT2D eigenvalue weighted by molar-refractivity contribution is -0.117. The number of ether oxygens (including phenoxy) is 1. The average molecular weight is 452 g/mol. The van der Waals surface area contributed by atoms with E-state index in [1.807, 2.05) is 36.1 Å². The first-order valence-corrected chi connectivity index (χ1v) is 12.3. The van der Waals surface area contributed by atoms with Gasteiger partial charge in [0.05, 0.1) is 33.2 Å². The van der Waals surface area contributed by atoms with Crippen LogP contribution in [0.2, 0.25) is 0 Å². The molecule has 1 amide bonds. The van der Waals surface area contributed by atoms with Crippen LogP contribution in [-0.2, 0) is 25.7 Å². The van der Waals surface area contributed by atoms with Gasteiger partial charge in [0.2, 0.25) is 5.91 Å². The topological polar surface area (TPSA) is 84.7 Å². The predicted molar refractivity (Wildman–Crippen MR) is 128 cm³/mol. The molecule has 3 N–H and O–H groups in total. The highest BCUT2D eigenvalue weighted by molar-refractivity contribution is 7.86. The number of nitrogens with two attached hydrogens (primary N) is 1. The number of carbonyl (C=O) groups excluding carboxylic acids is 1. The molecule has 0 spiro atoms. The molecule has 1 aromatic carbocycles. The van der Waals surface area contributed by atoms with E-state index >= 15 is 0 Å². The van der Waals surface area contributed by atoms with Crippen molar-refractivity contribution in [3.63, 3.8) is 0 Å². The third kappa shape index (κ3) is 6.14. The minimum atomic E-state index is -1.12. The van der Waals surface area contributed by atoms with Crippen LogP contribution in [0.1, 0.15) is 33.3 Å². The Hall–Kier alpha value is -1.74. The average Bonchev–Trinajstić information content (AvgIpc) is 3.03. The molecule has 6 nitrogen and oxygen atoms in total. The fourth-order valence-electron chi connectivity index (χ4n) is 3.32. The van der Waals surface area contributed by atoms with Gasteiger partial charge in [0.1, 0.15) is 0 Å². The SMILES string of the molecule is CCN(CCOC)CC(=O)Nc1cccc(-c2c(N)sc(S(C)=O)c2C(C)(C)C)c1. The van der Waals surface area contributed by atoms with Gasteiger partial charge in [-0.25, -0.2) is 0 Å². The highest BCUT2D eigenvalue weighted by Crippen LogP contribution is 2.46. The van der Waals surface area contributed by atoms with Crippen molar-refractivity contribution in [3.05, 3.63) is 29.8 Å². The largest absolute Gasteiger partial charge is 0.390 e. The minimum Gasteiger partial charge on any atom is -0.390 e. The number of carbonyl (C=O) groups is 1. The quantitative estimate of drug-likeness (QED) is 0.603. The predicted octanol–water partition coefficient (Wildman–Crippen LogP) is 3.94. The first-order valence-electron chi connectivity index (χ1n) is 9.96. The summed E-state index contributed by atoms with van der Waals surface area (Å²) in [4.78, 5) is 14.6. The molecule has 166 valence electrons. The zero-order valence-electron chi connectivity index (χ0n) is 18.7. The summed E-state index contributed by atoms with van der Waals surface area (Å²) in [6.45, 7) is 10.7. The van der Waals surface area contributed by atoms with Crippen LogP contribution in [0.5, 0.6) is 0 Å². The number of amides is 1. The van der Waals surface area contributed by atoms with Crippen molar-refractivity contribution in [1.29, 1.82) is 0 Å². The lowest BCUT2D eigenvalue weighted by Crippen LogP contribution is -2.35. The lowest BCUT2D eigenvalue weighted by atomic mass is 9.84. The summed E-state index contributed by atoms with van der Waals surface area (Å²) in [6.07, 6.45) is 1.68. The van der Waals surface area contributed by atoms with Gasteiger partial charge in [-0.05, 0) is 35.2 Å². The van der Waals surface area contributed by atoms with Crippen molar-refractivity contribution in [2.24, 2.45) is 0 Å². The molecule has 0 aliphatic carbocycles. The van der Waals surface area contributed by atoms with Crippen molar-refractivity contribution < 1.29 is 13.7 Å². The number of methoxy groups -OCH3 is 1. The van der Waals surface area contributed by atoms with Gasteiger partial charge in [0.15, 0.2) is 0 Å². The van der Waals surface area contributed by atoms with E-state index in [0.717, 1.165) is 27.4 Å². The second-order valence-electron chi connectivity index (χ2n) is 8.20. The molecule has 2 aromatic rings. The zero-order chi connectivity index (χ0) is 22.5. The summed E-state index contributed by atoms with van der Waals surface area (Å²) in [5.41, 5.74) is 9.69. The molecule has 0 saturated carbocycles. The summed E-state index contributed by atoms with van der Waals surface area (Å²) in [7, 11) is 0.531. The molecular weight excluding hydrogens is 418 g/mol. The van der Waals surface area contributed by atoms with Gasteiger partial charge in [0, 0.05) is 31.2 Å². The number of rotatable bonds is 9. The number of nitrogens with zero attached hydrogens (tertiary/aromatic N) is 1. The standard InChI is InChI=1S/C22H33N3O3S2/c1-7-25(11-12-28-5)14-17(26)24-16-10-8-9-15(13-16)18-19(22(2,3)4)21(30(6)27)29-20(18)23/h8-10,13H,7,11-12,14,23H2,1-6H3,(H,24,26). The summed E-state index contributed by atoms with van der Waals surface area (Å²) >= 11 is 1.38. The normalized spacial score (nSPS) is 12.9. The molecule has 0 fully saturated rings. The number of hydrogen-bond acceptors (Lipinski definition) is 6. The summed E-state index contributed by atoms with van der Waals surface area (Å²) < 4.78 is 18.2. The fourth-order valence-corrected chi connectivity index (χ4v) is 5.79. The van der Waals surface area contributed by atoms with Gasteiger partial charge in [-0.15, -0.1) is 11.3 Å². The highest BCUT2D eigenvalue weighted by Gasteiger charge is 2.29. The Morgan fingerprint density at radius 2 is 2.03 bits per heavy atom. The molecule has 0 bridgehead atoms. The Bertz CT molecular complexity index is 904. The van der Waals surface area contributed by atoms with Gasteiger partial charge < -0.3 is 15.8 Å². The molecular formula is C22H33N3O3S2. The van der Waals surface area contributed by atoms with Gasteiger partial charge in [-0.3, -0.25) is 13.9 Å². The van der Waals surface area contributed by atoms with E-state index in [1.165, 1.54) is 11.3 Å². The minimum absolute atomic E-state index is 0.0743. The molecule has 1 atom stereocenters. The van der Waals surface area contributed by atoms with Crippen LogP contribution < -0.4 is 11.1 Å². The number of benzene rings is 1. The monoisotopic (exact) mass is 451 g/mol. The van der Waals surface area contributed by atoms with Crippen molar-refractivity contribution >= 4 is 38.7 Å². The van der Waals surface area contributed by atoms with Gasteiger partial charge in [-0.2, -0.15) is 0 Å². The number of thiophene rings is 1. The summed E-state index contributed by atoms with van der Waals surface area (Å²) in [5, 5.41) is 3.63. The maximum absolute atomic E-state index is 12.5. The fraction of sp³-hybridized carbons (Fsp3) is 0.500. The first kappa shape index (κ1) is 24.5. The first-order chi connectivity index (χ1) is 14.1. The van der Waals surface area contributed by atoms with E-state index in [9.17, 15) is 9.00 Å². The number of nitrogens with one attached hydrogen (secondary N) is 1. The second-order valence-corrected chi connectivity index (χ2v) is 10.8. The number of likely N-dealkylation sites (N-methyl/N-ethyl adjacent to an activating group) is 1. The van der Waals surface area contributed by atoms with Crippen LogP contribution in [0, 0.1) is 0 Å². The highest BCUT2D eigenvalue weighted by atomic mass is 32.2. The Morgan fingerprint density at radius 1 is 1.33 bits per heavy atom. The molecule has 1 aromatic heterocycles. The van der Waals surface area contributed by atoms with E-state index in [2.05, 4.69) is 26.1 Å². The lowest BCUT2D eigenvalue weighted by Gasteiger charge is -2.22.